The minimum atomic E-state index is 0. The van der Waals surface area contributed by atoms with E-state index >= 15 is 0 Å². The van der Waals surface area contributed by atoms with Crippen LogP contribution in [-0.2, 0) is 0 Å². The molecule has 0 aliphatic carbocycles. The molecule has 0 rings (SSSR count). The third kappa shape index (κ3) is 17.5. The Bertz CT molecular complexity index is 111. The molecule has 0 atom stereocenters. The summed E-state index contributed by atoms with van der Waals surface area (Å²) < 4.78 is 0. The Morgan fingerprint density at radius 3 is 2.00 bits per heavy atom. The highest BCUT2D eigenvalue weighted by Gasteiger charge is 1.96. The molecule has 2 N–H and O–H groups in total. The number of likely N-dealkylation sites (N-methyl/N-ethyl adjacent to an activating group) is 1. The van der Waals surface area contributed by atoms with Gasteiger partial charge in [-0.1, -0.05) is 34.6 Å². The van der Waals surface area contributed by atoms with Crippen LogP contribution < -0.4 is 5.73 Å². The van der Waals surface area contributed by atoms with Gasteiger partial charge >= 0.3 is 0 Å². The van der Waals surface area contributed by atoms with Crippen LogP contribution >= 0.6 is 0 Å². The fourth-order valence-corrected chi connectivity index (χ4v) is 0.833. The van der Waals surface area contributed by atoms with E-state index in [2.05, 4.69) is 17.7 Å². The molecule has 0 fully saturated rings. The second-order valence-electron chi connectivity index (χ2n) is 2.18. The molecular formula is C12H30N2. The van der Waals surface area contributed by atoms with Crippen LogP contribution in [0.5, 0.6) is 0 Å². The third-order valence-corrected chi connectivity index (χ3v) is 1.46. The first-order chi connectivity index (χ1) is 6.85. The maximum Gasteiger partial charge on any atom is 0.0214 e. The van der Waals surface area contributed by atoms with E-state index in [1.165, 1.54) is 0 Å². The molecule has 0 aromatic heterocycles. The van der Waals surface area contributed by atoms with Gasteiger partial charge in [-0.05, 0) is 6.54 Å². The fraction of sp³-hybridized carbons (Fsp3) is 0.833. The maximum atomic E-state index is 5.38. The van der Waals surface area contributed by atoms with Gasteiger partial charge in [0.1, 0.15) is 0 Å². The SMILES string of the molecule is C#CCCN(CC)CCN.CC.CC.[HH]. The molecular weight excluding hydrogens is 172 g/mol. The summed E-state index contributed by atoms with van der Waals surface area (Å²) in [6, 6.07) is 0. The lowest BCUT2D eigenvalue weighted by atomic mass is 10.4. The molecule has 0 aliphatic heterocycles. The van der Waals surface area contributed by atoms with Crippen molar-refractivity contribution in [3.63, 3.8) is 0 Å². The zero-order valence-electron chi connectivity index (χ0n) is 10.6. The quantitative estimate of drug-likeness (QED) is 0.694. The first-order valence-electron chi connectivity index (χ1n) is 5.71. The minimum Gasteiger partial charge on any atom is -0.329 e. The van der Waals surface area contributed by atoms with Gasteiger partial charge in [-0.3, -0.25) is 0 Å². The minimum absolute atomic E-state index is 0. The molecule has 88 valence electrons. The highest BCUT2D eigenvalue weighted by molar-refractivity contribution is 4.84. The summed E-state index contributed by atoms with van der Waals surface area (Å²) >= 11 is 0. The number of nitrogens with two attached hydrogens (primary N) is 1. The molecule has 0 aliphatic rings. The smallest absolute Gasteiger partial charge is 0.0214 e. The van der Waals surface area contributed by atoms with Gasteiger partial charge in [0, 0.05) is 27.5 Å². The second kappa shape index (κ2) is 22.9. The van der Waals surface area contributed by atoms with E-state index in [0.717, 1.165) is 32.6 Å². The Kier molecular flexibility index (Phi) is 31.2. The number of nitrogens with zero attached hydrogens (tertiary/aromatic N) is 1. The molecule has 0 aromatic rings. The summed E-state index contributed by atoms with van der Waals surface area (Å²) in [5.74, 6) is 2.61. The first-order valence-corrected chi connectivity index (χ1v) is 5.71. The average Bonchev–Trinajstić information content (AvgIpc) is 2.29. The van der Waals surface area contributed by atoms with Crippen molar-refractivity contribution in [3.8, 4) is 12.3 Å². The van der Waals surface area contributed by atoms with Crippen LogP contribution in [0.3, 0.4) is 0 Å². The van der Waals surface area contributed by atoms with Crippen LogP contribution in [-0.4, -0.2) is 31.1 Å². The molecule has 0 aromatic carbocycles. The summed E-state index contributed by atoms with van der Waals surface area (Å²) in [7, 11) is 0. The fourth-order valence-electron chi connectivity index (χ4n) is 0.833. The van der Waals surface area contributed by atoms with Crippen LogP contribution in [0, 0.1) is 12.3 Å². The molecule has 2 heteroatoms. The second-order valence-corrected chi connectivity index (χ2v) is 2.18. The van der Waals surface area contributed by atoms with Gasteiger partial charge in [0.05, 0.1) is 0 Å². The maximum absolute atomic E-state index is 5.38. The van der Waals surface area contributed by atoms with E-state index in [4.69, 9.17) is 12.2 Å². The average molecular weight is 202 g/mol. The van der Waals surface area contributed by atoms with E-state index in [1.807, 2.05) is 27.7 Å². The summed E-state index contributed by atoms with van der Waals surface area (Å²) in [5, 5.41) is 0. The first kappa shape index (κ1) is 19.1. The topological polar surface area (TPSA) is 29.3 Å². The Hall–Kier alpha value is -0.520. The van der Waals surface area contributed by atoms with Gasteiger partial charge in [-0.15, -0.1) is 12.3 Å². The van der Waals surface area contributed by atoms with Crippen LogP contribution in [0.4, 0.5) is 0 Å². The van der Waals surface area contributed by atoms with Crippen molar-refractivity contribution in [2.24, 2.45) is 5.73 Å². The zero-order chi connectivity index (χ0) is 11.8. The predicted octanol–water partition coefficient (Wildman–Crippen LogP) is 2.59. The molecule has 0 saturated heterocycles. The van der Waals surface area contributed by atoms with Gasteiger partial charge in [-0.2, -0.15) is 0 Å². The predicted molar refractivity (Wildman–Crippen MR) is 69.4 cm³/mol. The molecule has 0 spiro atoms. The van der Waals surface area contributed by atoms with Gasteiger partial charge in [0.25, 0.3) is 0 Å². The molecule has 2 nitrogen and oxygen atoms in total. The van der Waals surface area contributed by atoms with Crippen molar-refractivity contribution in [1.29, 1.82) is 0 Å². The molecule has 0 radical (unpaired) electrons. The largest absolute Gasteiger partial charge is 0.329 e. The molecule has 0 amide bonds. The lowest BCUT2D eigenvalue weighted by molar-refractivity contribution is 0.304. The summed E-state index contributed by atoms with van der Waals surface area (Å²) in [5.41, 5.74) is 5.38. The van der Waals surface area contributed by atoms with Gasteiger partial charge < -0.3 is 10.6 Å². The Balaban J connectivity index is -0.000000107. The molecule has 0 unspecified atom stereocenters. The van der Waals surface area contributed by atoms with Crippen molar-refractivity contribution < 1.29 is 1.43 Å². The lowest BCUT2D eigenvalue weighted by Crippen LogP contribution is -2.29. The summed E-state index contributed by atoms with van der Waals surface area (Å²) in [4.78, 5) is 2.25. The van der Waals surface area contributed by atoms with Gasteiger partial charge in [0.2, 0.25) is 0 Å². The Morgan fingerprint density at radius 1 is 1.21 bits per heavy atom. The van der Waals surface area contributed by atoms with Crippen LogP contribution in [0.2, 0.25) is 0 Å². The number of rotatable bonds is 5. The zero-order valence-corrected chi connectivity index (χ0v) is 10.6. The van der Waals surface area contributed by atoms with E-state index in [1.54, 1.807) is 0 Å². The number of terminal acetylenes is 1. The Labute approximate surface area is 92.3 Å². The van der Waals surface area contributed by atoms with Crippen LogP contribution in [0.15, 0.2) is 0 Å². The third-order valence-electron chi connectivity index (χ3n) is 1.46. The van der Waals surface area contributed by atoms with Crippen molar-refractivity contribution in [1.82, 2.24) is 4.90 Å². The monoisotopic (exact) mass is 202 g/mol. The number of hydrogen-bond acceptors (Lipinski definition) is 2. The lowest BCUT2D eigenvalue weighted by Gasteiger charge is -2.17. The molecule has 0 bridgehead atoms. The summed E-state index contributed by atoms with van der Waals surface area (Å²) in [6.45, 7) is 13.8. The van der Waals surface area contributed by atoms with E-state index in [-0.39, 0.29) is 1.43 Å². The van der Waals surface area contributed by atoms with Crippen molar-refractivity contribution in [2.45, 2.75) is 41.0 Å². The van der Waals surface area contributed by atoms with Gasteiger partial charge in [-0.25, -0.2) is 0 Å². The van der Waals surface area contributed by atoms with E-state index in [9.17, 15) is 0 Å². The molecule has 0 heterocycles. The van der Waals surface area contributed by atoms with E-state index < -0.39 is 0 Å². The Morgan fingerprint density at radius 2 is 1.71 bits per heavy atom. The van der Waals surface area contributed by atoms with Crippen molar-refractivity contribution in [2.75, 3.05) is 26.2 Å². The number of hydrogen-bond donors (Lipinski definition) is 1. The van der Waals surface area contributed by atoms with Crippen LogP contribution in [0.1, 0.15) is 42.5 Å². The standard InChI is InChI=1S/C8H16N2.2C2H6.H2/c1-3-5-7-10(4-2)8-6-9;2*1-2;/h1H,4-9H2,2H3;2*1-2H3;1H. The molecule has 14 heavy (non-hydrogen) atoms. The van der Waals surface area contributed by atoms with Crippen molar-refractivity contribution in [3.05, 3.63) is 0 Å². The normalized spacial score (nSPS) is 7.86. The van der Waals surface area contributed by atoms with Crippen LogP contribution in [0.25, 0.3) is 0 Å². The van der Waals surface area contributed by atoms with Crippen molar-refractivity contribution >= 4 is 0 Å². The highest BCUT2D eigenvalue weighted by atomic mass is 15.1. The highest BCUT2D eigenvalue weighted by Crippen LogP contribution is 1.87. The molecule has 0 saturated carbocycles. The van der Waals surface area contributed by atoms with Gasteiger partial charge in [0.15, 0.2) is 0 Å². The summed E-state index contributed by atoms with van der Waals surface area (Å²) in [6.07, 6.45) is 5.95. The van der Waals surface area contributed by atoms with E-state index in [0.29, 0.717) is 0 Å².